The Kier molecular flexibility index (Phi) is 19.0. The van der Waals surface area contributed by atoms with Gasteiger partial charge in [0.2, 0.25) is 0 Å². The lowest BCUT2D eigenvalue weighted by Gasteiger charge is -2.56. The standard InChI is InChI=1S/C43H71NO6/c1-2-3-4-5-6-7-8-9-10-11-12-13-14-15-16-18-21-40(45)48-33-39(34-49-41(46)22-25-44-23-19-17-20-24-44)35-50-42(47)32-43-29-36-26-37(30-43)28-38(27-36)31-43/h6-7,9-10,36-39H,2-5,8,11-35H2,1H3/b7-6-,10-9-. The van der Waals surface area contributed by atoms with E-state index >= 15 is 0 Å². The van der Waals surface area contributed by atoms with Crippen molar-refractivity contribution in [3.63, 3.8) is 0 Å². The molecule has 0 aromatic heterocycles. The van der Waals surface area contributed by atoms with E-state index in [4.69, 9.17) is 14.2 Å². The molecular formula is C43H71NO6. The van der Waals surface area contributed by atoms with E-state index in [2.05, 4.69) is 36.1 Å². The Morgan fingerprint density at radius 3 is 1.76 bits per heavy atom. The zero-order valence-electron chi connectivity index (χ0n) is 31.7. The van der Waals surface area contributed by atoms with Crippen LogP contribution in [0.3, 0.4) is 0 Å². The number of carbonyl (C=O) groups excluding carboxylic acids is 3. The normalized spacial score (nSPS) is 25.3. The van der Waals surface area contributed by atoms with Gasteiger partial charge in [0, 0.05) is 13.0 Å². The number of esters is 3. The number of piperidine rings is 1. The molecule has 7 heteroatoms. The highest BCUT2D eigenvalue weighted by Crippen LogP contribution is 2.61. The molecular weight excluding hydrogens is 626 g/mol. The van der Waals surface area contributed by atoms with Crippen LogP contribution in [-0.4, -0.2) is 62.3 Å². The maximum absolute atomic E-state index is 13.1. The summed E-state index contributed by atoms with van der Waals surface area (Å²) < 4.78 is 17.1. The first-order valence-corrected chi connectivity index (χ1v) is 20.9. The van der Waals surface area contributed by atoms with E-state index in [1.165, 1.54) is 103 Å². The van der Waals surface area contributed by atoms with Crippen molar-refractivity contribution in [3.05, 3.63) is 24.3 Å². The highest BCUT2D eigenvalue weighted by molar-refractivity contribution is 5.71. The summed E-state index contributed by atoms with van der Waals surface area (Å²) in [5, 5.41) is 0. The van der Waals surface area contributed by atoms with Crippen LogP contribution in [0, 0.1) is 29.1 Å². The van der Waals surface area contributed by atoms with Gasteiger partial charge in [-0.2, -0.15) is 0 Å². The number of unbranched alkanes of at least 4 members (excludes halogenated alkanes) is 9. The van der Waals surface area contributed by atoms with Crippen molar-refractivity contribution in [1.29, 1.82) is 0 Å². The molecule has 50 heavy (non-hydrogen) atoms. The molecule has 0 radical (unpaired) electrons. The molecule has 1 heterocycles. The molecule has 4 bridgehead atoms. The number of carbonyl (C=O) groups is 3. The average Bonchev–Trinajstić information content (AvgIpc) is 3.09. The van der Waals surface area contributed by atoms with Gasteiger partial charge in [-0.15, -0.1) is 0 Å². The lowest BCUT2D eigenvalue weighted by molar-refractivity contribution is -0.157. The molecule has 1 atom stereocenters. The van der Waals surface area contributed by atoms with Gasteiger partial charge in [-0.3, -0.25) is 14.4 Å². The lowest BCUT2D eigenvalue weighted by atomic mass is 9.49. The maximum Gasteiger partial charge on any atom is 0.307 e. The van der Waals surface area contributed by atoms with Gasteiger partial charge in [-0.05, 0) is 126 Å². The number of allylic oxidation sites excluding steroid dienone is 4. The third kappa shape index (κ3) is 16.0. The quantitative estimate of drug-likeness (QED) is 0.0385. The first-order chi connectivity index (χ1) is 24.4. The molecule has 1 saturated heterocycles. The Morgan fingerprint density at radius 2 is 1.16 bits per heavy atom. The molecule has 284 valence electrons. The number of hydrogen-bond donors (Lipinski definition) is 0. The summed E-state index contributed by atoms with van der Waals surface area (Å²) in [6.45, 7) is 5.36. The Balaban J connectivity index is 1.08. The summed E-state index contributed by atoms with van der Waals surface area (Å²) in [7, 11) is 0. The summed E-state index contributed by atoms with van der Waals surface area (Å²) in [6.07, 6.45) is 35.5. The molecule has 5 rings (SSSR count). The molecule has 5 fully saturated rings. The highest BCUT2D eigenvalue weighted by Gasteiger charge is 2.51. The molecule has 0 amide bonds. The van der Waals surface area contributed by atoms with Crippen molar-refractivity contribution in [3.8, 4) is 0 Å². The fourth-order valence-corrected chi connectivity index (χ4v) is 9.47. The Hall–Kier alpha value is -2.15. The number of nitrogens with zero attached hydrogens (tertiary/aromatic N) is 1. The number of likely N-dealkylation sites (tertiary alicyclic amines) is 1. The molecule has 5 aliphatic rings. The van der Waals surface area contributed by atoms with Crippen LogP contribution < -0.4 is 0 Å². The van der Waals surface area contributed by atoms with Gasteiger partial charge in [0.05, 0.1) is 18.8 Å². The van der Waals surface area contributed by atoms with Crippen LogP contribution in [0.15, 0.2) is 24.3 Å². The zero-order chi connectivity index (χ0) is 35.3. The summed E-state index contributed by atoms with van der Waals surface area (Å²) in [4.78, 5) is 40.6. The molecule has 7 nitrogen and oxygen atoms in total. The minimum atomic E-state index is -0.353. The second-order valence-electron chi connectivity index (χ2n) is 16.5. The van der Waals surface area contributed by atoms with Crippen molar-refractivity contribution in [2.45, 2.75) is 161 Å². The van der Waals surface area contributed by atoms with E-state index in [-0.39, 0.29) is 49.1 Å². The van der Waals surface area contributed by atoms with E-state index in [1.807, 2.05) is 0 Å². The fraction of sp³-hybridized carbons (Fsp3) is 0.837. The van der Waals surface area contributed by atoms with Crippen LogP contribution >= 0.6 is 0 Å². The number of ether oxygens (including phenoxy) is 3. The first-order valence-electron chi connectivity index (χ1n) is 20.9. The van der Waals surface area contributed by atoms with E-state index < -0.39 is 0 Å². The maximum atomic E-state index is 13.1. The van der Waals surface area contributed by atoms with Crippen LogP contribution in [0.25, 0.3) is 0 Å². The van der Waals surface area contributed by atoms with Gasteiger partial charge in [-0.25, -0.2) is 0 Å². The number of hydrogen-bond acceptors (Lipinski definition) is 7. The van der Waals surface area contributed by atoms with Gasteiger partial charge < -0.3 is 19.1 Å². The van der Waals surface area contributed by atoms with Crippen LogP contribution in [0.1, 0.15) is 161 Å². The van der Waals surface area contributed by atoms with Crippen LogP contribution in [0.4, 0.5) is 0 Å². The Bertz CT molecular complexity index is 1010. The second-order valence-corrected chi connectivity index (χ2v) is 16.5. The van der Waals surface area contributed by atoms with Crippen molar-refractivity contribution >= 4 is 17.9 Å². The monoisotopic (exact) mass is 698 g/mol. The van der Waals surface area contributed by atoms with E-state index in [9.17, 15) is 14.4 Å². The third-order valence-corrected chi connectivity index (χ3v) is 11.8. The molecule has 4 aliphatic carbocycles. The molecule has 4 saturated carbocycles. The fourth-order valence-electron chi connectivity index (χ4n) is 9.47. The lowest BCUT2D eigenvalue weighted by Crippen LogP contribution is -2.47. The molecule has 0 spiro atoms. The molecule has 0 N–H and O–H groups in total. The molecule has 0 aromatic rings. The van der Waals surface area contributed by atoms with E-state index in [0.717, 1.165) is 62.9 Å². The van der Waals surface area contributed by atoms with Crippen LogP contribution in [-0.2, 0) is 28.6 Å². The Labute approximate surface area is 304 Å². The first kappa shape index (κ1) is 40.6. The summed E-state index contributed by atoms with van der Waals surface area (Å²) in [5.41, 5.74) is 0.122. The SMILES string of the molecule is CCCCC/C=C\C/C=C\CCCCCCCCC(=O)OCC(COC(=O)CCN1CCCCC1)COC(=O)CC12CC3CC(CC(C3)C1)C2. The van der Waals surface area contributed by atoms with Crippen molar-refractivity contribution in [2.24, 2.45) is 29.1 Å². The Morgan fingerprint density at radius 1 is 0.640 bits per heavy atom. The van der Waals surface area contributed by atoms with Gasteiger partial charge in [0.15, 0.2) is 0 Å². The van der Waals surface area contributed by atoms with Gasteiger partial charge in [-0.1, -0.05) is 76.2 Å². The second kappa shape index (κ2) is 23.4. The molecule has 0 aromatic carbocycles. The molecule has 1 aliphatic heterocycles. The van der Waals surface area contributed by atoms with Crippen LogP contribution in [0.5, 0.6) is 0 Å². The van der Waals surface area contributed by atoms with Gasteiger partial charge >= 0.3 is 17.9 Å². The van der Waals surface area contributed by atoms with E-state index in [1.54, 1.807) is 0 Å². The van der Waals surface area contributed by atoms with Gasteiger partial charge in [0.1, 0.15) is 19.8 Å². The predicted octanol–water partition coefficient (Wildman–Crippen LogP) is 9.92. The average molecular weight is 698 g/mol. The van der Waals surface area contributed by atoms with Gasteiger partial charge in [0.25, 0.3) is 0 Å². The topological polar surface area (TPSA) is 82.1 Å². The van der Waals surface area contributed by atoms with E-state index in [0.29, 0.717) is 25.8 Å². The number of rotatable bonds is 26. The summed E-state index contributed by atoms with van der Waals surface area (Å²) >= 11 is 0. The summed E-state index contributed by atoms with van der Waals surface area (Å²) in [5.74, 6) is 1.39. The van der Waals surface area contributed by atoms with Crippen LogP contribution in [0.2, 0.25) is 0 Å². The smallest absolute Gasteiger partial charge is 0.307 e. The summed E-state index contributed by atoms with van der Waals surface area (Å²) in [6, 6.07) is 0. The largest absolute Gasteiger partial charge is 0.465 e. The van der Waals surface area contributed by atoms with Crippen molar-refractivity contribution in [1.82, 2.24) is 4.90 Å². The highest BCUT2D eigenvalue weighted by atomic mass is 16.6. The zero-order valence-corrected chi connectivity index (χ0v) is 31.7. The minimum absolute atomic E-state index is 0.0989. The minimum Gasteiger partial charge on any atom is -0.465 e. The van der Waals surface area contributed by atoms with Crippen molar-refractivity contribution < 1.29 is 28.6 Å². The van der Waals surface area contributed by atoms with Crippen molar-refractivity contribution in [2.75, 3.05) is 39.5 Å². The molecule has 1 unspecified atom stereocenters. The third-order valence-electron chi connectivity index (χ3n) is 11.8. The predicted molar refractivity (Wildman–Crippen MR) is 200 cm³/mol.